The zero-order chi connectivity index (χ0) is 24.9. The number of allylic oxidation sites excluding steroid dienone is 1. The molecule has 192 valence electrons. The number of ether oxygens (including phenoxy) is 3. The van der Waals surface area contributed by atoms with Crippen molar-refractivity contribution >= 4 is 11.6 Å². The molecule has 14 atom stereocenters. The largest absolute Gasteiger partial charge is 0.386 e. The Kier molecular flexibility index (Phi) is 4.26. The van der Waals surface area contributed by atoms with Crippen LogP contribution < -0.4 is 0 Å². The van der Waals surface area contributed by atoms with E-state index in [4.69, 9.17) is 14.2 Å². The van der Waals surface area contributed by atoms with Crippen molar-refractivity contribution in [3.8, 4) is 0 Å². The third kappa shape index (κ3) is 2.42. The maximum atomic E-state index is 14.1. The highest BCUT2D eigenvalue weighted by Crippen LogP contribution is 2.71. The molecule has 0 radical (unpaired) electrons. The molecular formula is C28H38O7. The van der Waals surface area contributed by atoms with E-state index in [1.807, 2.05) is 20.8 Å². The first-order valence-electron chi connectivity index (χ1n) is 13.5. The molecule has 3 saturated heterocycles. The molecule has 0 aromatic carbocycles. The summed E-state index contributed by atoms with van der Waals surface area (Å²) in [6.07, 6.45) is 5.03. The summed E-state index contributed by atoms with van der Waals surface area (Å²) in [6.45, 7) is 10.1. The van der Waals surface area contributed by atoms with Gasteiger partial charge in [0.15, 0.2) is 12.1 Å². The van der Waals surface area contributed by atoms with Crippen molar-refractivity contribution in [1.29, 1.82) is 0 Å². The van der Waals surface area contributed by atoms with Crippen molar-refractivity contribution in [1.82, 2.24) is 0 Å². The van der Waals surface area contributed by atoms with E-state index < -0.39 is 33.9 Å². The molecule has 0 spiro atoms. The van der Waals surface area contributed by atoms with Crippen LogP contribution in [0.5, 0.6) is 0 Å². The summed E-state index contributed by atoms with van der Waals surface area (Å²) in [7, 11) is 0. The highest BCUT2D eigenvalue weighted by Gasteiger charge is 2.79. The van der Waals surface area contributed by atoms with Gasteiger partial charge in [-0.2, -0.15) is 0 Å². The molecule has 14 unspecified atom stereocenters. The number of fused-ring (bicyclic) bond motifs is 9. The number of epoxide rings is 2. The summed E-state index contributed by atoms with van der Waals surface area (Å²) in [5.74, 6) is 0.335. The van der Waals surface area contributed by atoms with E-state index in [1.165, 1.54) is 0 Å². The number of hydrogen-bond acceptors (Lipinski definition) is 7. The topological polar surface area (TPSA) is 109 Å². The molecule has 7 heteroatoms. The Hall–Kier alpha value is -1.12. The van der Waals surface area contributed by atoms with E-state index >= 15 is 0 Å². The fraction of sp³-hybridized carbons (Fsp3) is 0.857. The van der Waals surface area contributed by atoms with Gasteiger partial charge in [-0.25, -0.2) is 0 Å². The Morgan fingerprint density at radius 1 is 1.09 bits per heavy atom. The van der Waals surface area contributed by atoms with Gasteiger partial charge in [-0.15, -0.1) is 0 Å². The number of carbonyl (C=O) groups excluding carboxylic acids is 2. The summed E-state index contributed by atoms with van der Waals surface area (Å²) in [5.41, 5.74) is -3.80. The van der Waals surface area contributed by atoms with Crippen LogP contribution >= 0.6 is 0 Å². The maximum absolute atomic E-state index is 14.1. The summed E-state index contributed by atoms with van der Waals surface area (Å²) >= 11 is 0. The van der Waals surface area contributed by atoms with Gasteiger partial charge in [-0.3, -0.25) is 9.59 Å². The summed E-state index contributed by atoms with van der Waals surface area (Å²) in [6, 6.07) is 0. The Morgan fingerprint density at radius 3 is 2.54 bits per heavy atom. The number of hydrogen-bond donors (Lipinski definition) is 2. The number of Topliss-reactive ketones (excluding diaryl/α,β-unsaturated/α-hetero) is 1. The van der Waals surface area contributed by atoms with Gasteiger partial charge >= 0.3 is 0 Å². The lowest BCUT2D eigenvalue weighted by atomic mass is 9.43. The number of aliphatic hydroxyl groups is 2. The van der Waals surface area contributed by atoms with E-state index in [-0.39, 0.29) is 59.5 Å². The lowest BCUT2D eigenvalue weighted by molar-refractivity contribution is -0.205. The van der Waals surface area contributed by atoms with Crippen molar-refractivity contribution in [3.63, 3.8) is 0 Å². The van der Waals surface area contributed by atoms with Crippen molar-refractivity contribution in [2.75, 3.05) is 0 Å². The average Bonchev–Trinajstić information content (AvgIpc) is 3.66. The highest BCUT2D eigenvalue weighted by atomic mass is 16.7. The van der Waals surface area contributed by atoms with E-state index in [0.717, 1.165) is 12.8 Å². The van der Waals surface area contributed by atoms with Gasteiger partial charge < -0.3 is 24.4 Å². The number of ketones is 2. The zero-order valence-electron chi connectivity index (χ0n) is 21.3. The summed E-state index contributed by atoms with van der Waals surface area (Å²) < 4.78 is 18.2. The molecule has 7 nitrogen and oxygen atoms in total. The lowest BCUT2D eigenvalue weighted by Gasteiger charge is -2.59. The summed E-state index contributed by atoms with van der Waals surface area (Å²) in [5, 5.41) is 22.4. The highest BCUT2D eigenvalue weighted by molar-refractivity contribution is 5.98. The van der Waals surface area contributed by atoms with E-state index in [2.05, 4.69) is 13.8 Å². The predicted molar refractivity (Wildman–Crippen MR) is 124 cm³/mol. The van der Waals surface area contributed by atoms with Crippen LogP contribution in [-0.2, 0) is 23.8 Å². The van der Waals surface area contributed by atoms with Crippen LogP contribution in [-0.4, -0.2) is 63.2 Å². The molecule has 7 aliphatic rings. The first kappa shape index (κ1) is 23.0. The monoisotopic (exact) mass is 486 g/mol. The molecule has 0 aromatic rings. The van der Waals surface area contributed by atoms with Gasteiger partial charge in [0.05, 0.1) is 17.6 Å². The minimum Gasteiger partial charge on any atom is -0.386 e. The second-order valence-electron chi connectivity index (χ2n) is 13.5. The average molecular weight is 487 g/mol. The number of aliphatic hydroxyl groups excluding tert-OH is 1. The lowest BCUT2D eigenvalue weighted by Crippen LogP contribution is -2.68. The van der Waals surface area contributed by atoms with Crippen LogP contribution in [0.4, 0.5) is 0 Å². The molecule has 2 N–H and O–H groups in total. The first-order chi connectivity index (χ1) is 16.3. The molecular weight excluding hydrogens is 448 g/mol. The van der Waals surface area contributed by atoms with Gasteiger partial charge in [-0.1, -0.05) is 19.9 Å². The standard InChI is InChI=1S/C28H38O7/c1-13(17-12-24(2)27(5,35-24)23(31)33-17)14-8-9-15-20-16(11-19(30)25(14,15)3)26(4)18(29)7-6-10-28(26,32)22-21(20)34-22/h6-7,13-17,20-23,31-32H,8-12H2,1-5H3. The van der Waals surface area contributed by atoms with E-state index in [9.17, 15) is 19.8 Å². The van der Waals surface area contributed by atoms with Crippen molar-refractivity contribution < 1.29 is 34.0 Å². The fourth-order valence-corrected chi connectivity index (χ4v) is 9.89. The number of rotatable bonds is 2. The van der Waals surface area contributed by atoms with Crippen molar-refractivity contribution in [2.45, 2.75) is 108 Å². The van der Waals surface area contributed by atoms with Gasteiger partial charge in [-0.05, 0) is 75.7 Å². The minimum absolute atomic E-state index is 0.0696. The summed E-state index contributed by atoms with van der Waals surface area (Å²) in [4.78, 5) is 27.4. The molecule has 0 bridgehead atoms. The van der Waals surface area contributed by atoms with E-state index in [0.29, 0.717) is 19.3 Å². The smallest absolute Gasteiger partial charge is 0.186 e. The second-order valence-corrected chi connectivity index (χ2v) is 13.5. The normalized spacial score (nSPS) is 62.8. The molecule has 35 heavy (non-hydrogen) atoms. The minimum atomic E-state index is -1.23. The Morgan fingerprint density at radius 2 is 1.83 bits per heavy atom. The van der Waals surface area contributed by atoms with Gasteiger partial charge in [0.25, 0.3) is 0 Å². The van der Waals surface area contributed by atoms with Crippen LogP contribution in [0.2, 0.25) is 0 Å². The SMILES string of the molecule is CC(C1CC2(C)OC2(C)C(O)O1)C1CCC2C3C4OC4C4(O)CC=CC(=O)C4(C)C3CC(=O)C12C. The first-order valence-corrected chi connectivity index (χ1v) is 13.5. The molecule has 6 fully saturated rings. The Balaban J connectivity index is 1.21. The molecule has 3 heterocycles. The molecule has 0 aromatic heterocycles. The van der Waals surface area contributed by atoms with Crippen LogP contribution in [0, 0.1) is 40.4 Å². The molecule has 0 amide bonds. The second kappa shape index (κ2) is 6.47. The predicted octanol–water partition coefficient (Wildman–Crippen LogP) is 2.56. The van der Waals surface area contributed by atoms with Crippen LogP contribution in [0.15, 0.2) is 12.2 Å². The Labute approximate surface area is 206 Å². The quantitative estimate of drug-likeness (QED) is 0.578. The van der Waals surface area contributed by atoms with E-state index in [1.54, 1.807) is 12.2 Å². The van der Waals surface area contributed by atoms with Gasteiger partial charge in [0.2, 0.25) is 0 Å². The zero-order valence-corrected chi connectivity index (χ0v) is 21.3. The van der Waals surface area contributed by atoms with Gasteiger partial charge in [0, 0.05) is 18.3 Å². The van der Waals surface area contributed by atoms with Crippen LogP contribution in [0.1, 0.15) is 66.7 Å². The maximum Gasteiger partial charge on any atom is 0.186 e. The molecule has 7 rings (SSSR count). The number of carbonyl (C=O) groups is 2. The van der Waals surface area contributed by atoms with Crippen molar-refractivity contribution in [3.05, 3.63) is 12.2 Å². The van der Waals surface area contributed by atoms with Crippen molar-refractivity contribution in [2.24, 2.45) is 40.4 Å². The fourth-order valence-electron chi connectivity index (χ4n) is 9.89. The Bertz CT molecular complexity index is 1060. The van der Waals surface area contributed by atoms with Crippen LogP contribution in [0.3, 0.4) is 0 Å². The molecule has 3 aliphatic heterocycles. The van der Waals surface area contributed by atoms with Gasteiger partial charge in [0.1, 0.15) is 28.7 Å². The third-order valence-corrected chi connectivity index (χ3v) is 12.5. The third-order valence-electron chi connectivity index (χ3n) is 12.5. The molecule has 4 aliphatic carbocycles. The van der Waals surface area contributed by atoms with Crippen LogP contribution in [0.25, 0.3) is 0 Å². The molecule has 3 saturated carbocycles.